The van der Waals surface area contributed by atoms with Crippen LogP contribution in [-0.2, 0) is 10.0 Å². The van der Waals surface area contributed by atoms with E-state index in [1.165, 1.54) is 31.2 Å². The van der Waals surface area contributed by atoms with E-state index in [-0.39, 0.29) is 19.8 Å². The highest BCUT2D eigenvalue weighted by molar-refractivity contribution is 7.94. The van der Waals surface area contributed by atoms with Gasteiger partial charge in [0.2, 0.25) is 0 Å². The summed E-state index contributed by atoms with van der Waals surface area (Å²) in [5, 5.41) is 9.49. The second-order valence-corrected chi connectivity index (χ2v) is 7.92. The summed E-state index contributed by atoms with van der Waals surface area (Å²) in [6.07, 6.45) is 0. The minimum absolute atomic E-state index is 0.0208. The highest BCUT2D eigenvalue weighted by Gasteiger charge is 2.22. The highest BCUT2D eigenvalue weighted by atomic mass is 35.5. The van der Waals surface area contributed by atoms with Gasteiger partial charge in [-0.15, -0.1) is 11.3 Å². The lowest BCUT2D eigenvalue weighted by Crippen LogP contribution is -2.11. The first-order valence-electron chi connectivity index (χ1n) is 5.52. The van der Waals surface area contributed by atoms with Crippen LogP contribution in [0.2, 0.25) is 10.0 Å². The Balaban J connectivity index is 2.41. The molecule has 0 amide bonds. The molecule has 0 radical (unpaired) electrons. The zero-order chi connectivity index (χ0) is 15.8. The van der Waals surface area contributed by atoms with Crippen molar-refractivity contribution in [2.75, 3.05) is 4.72 Å². The molecule has 0 unspecified atom stereocenters. The number of hydrogen-bond acceptors (Lipinski definition) is 4. The van der Waals surface area contributed by atoms with E-state index in [9.17, 15) is 13.2 Å². The third kappa shape index (κ3) is 3.49. The van der Waals surface area contributed by atoms with E-state index in [4.69, 9.17) is 28.3 Å². The molecule has 21 heavy (non-hydrogen) atoms. The number of carboxylic acid groups (broad SMARTS) is 1. The predicted molar refractivity (Wildman–Crippen MR) is 83.3 cm³/mol. The normalized spacial score (nSPS) is 11.4. The van der Waals surface area contributed by atoms with Crippen molar-refractivity contribution < 1.29 is 18.3 Å². The van der Waals surface area contributed by atoms with E-state index >= 15 is 0 Å². The molecule has 2 aromatic rings. The van der Waals surface area contributed by atoms with Crippen molar-refractivity contribution in [2.24, 2.45) is 0 Å². The lowest BCUT2D eigenvalue weighted by atomic mass is 10.3. The summed E-state index contributed by atoms with van der Waals surface area (Å²) in [7, 11) is -3.93. The van der Waals surface area contributed by atoms with Gasteiger partial charge in [-0.25, -0.2) is 13.2 Å². The Labute approximate surface area is 135 Å². The number of benzene rings is 1. The van der Waals surface area contributed by atoms with E-state index in [2.05, 4.69) is 4.72 Å². The molecule has 5 nitrogen and oxygen atoms in total. The third-order valence-electron chi connectivity index (χ3n) is 2.53. The van der Waals surface area contributed by atoms with Gasteiger partial charge in [0.05, 0.1) is 10.7 Å². The number of thiophene rings is 1. The fraction of sp³-hybridized carbons (Fsp3) is 0.0833. The van der Waals surface area contributed by atoms with Crippen LogP contribution >= 0.6 is 34.5 Å². The van der Waals surface area contributed by atoms with Crippen molar-refractivity contribution in [3.63, 3.8) is 0 Å². The van der Waals surface area contributed by atoms with E-state index in [0.717, 1.165) is 0 Å². The van der Waals surface area contributed by atoms with E-state index in [1.54, 1.807) is 0 Å². The molecule has 0 aliphatic rings. The molecule has 0 bridgehead atoms. The largest absolute Gasteiger partial charge is 0.477 e. The summed E-state index contributed by atoms with van der Waals surface area (Å²) < 4.78 is 26.7. The van der Waals surface area contributed by atoms with E-state index in [1.807, 2.05) is 0 Å². The van der Waals surface area contributed by atoms with Crippen LogP contribution in [0.4, 0.5) is 5.69 Å². The van der Waals surface area contributed by atoms with Gasteiger partial charge in [-0.05, 0) is 36.8 Å². The molecular formula is C12H9Cl2NO4S2. The number of sulfonamides is 1. The van der Waals surface area contributed by atoms with Crippen molar-refractivity contribution in [3.05, 3.63) is 44.8 Å². The van der Waals surface area contributed by atoms with Gasteiger partial charge in [-0.1, -0.05) is 23.2 Å². The first-order valence-corrected chi connectivity index (χ1v) is 8.58. The molecule has 0 aliphatic heterocycles. The summed E-state index contributed by atoms with van der Waals surface area (Å²) >= 11 is 12.4. The first-order chi connectivity index (χ1) is 9.70. The lowest BCUT2D eigenvalue weighted by molar-refractivity contribution is 0.0701. The number of aromatic carboxylic acids is 1. The van der Waals surface area contributed by atoms with Crippen molar-refractivity contribution in [1.29, 1.82) is 0 Å². The molecule has 0 spiro atoms. The van der Waals surface area contributed by atoms with Crippen molar-refractivity contribution in [3.8, 4) is 0 Å². The van der Waals surface area contributed by atoms with Crippen LogP contribution in [0, 0.1) is 6.92 Å². The maximum atomic E-state index is 12.3. The summed E-state index contributed by atoms with van der Waals surface area (Å²) in [4.78, 5) is 11.0. The molecule has 1 aromatic carbocycles. The molecule has 0 aliphatic carbocycles. The Morgan fingerprint density at radius 1 is 1.29 bits per heavy atom. The number of rotatable bonds is 4. The van der Waals surface area contributed by atoms with Gasteiger partial charge in [0, 0.05) is 5.02 Å². The standard InChI is InChI=1S/C12H9Cl2NO4S2/c1-6-4-10(20-11(6)12(16)17)21(18,19)15-9-5-7(13)2-3-8(9)14/h2-5,15H,1H3,(H,16,17). The second-order valence-electron chi connectivity index (χ2n) is 4.11. The quantitative estimate of drug-likeness (QED) is 0.861. The highest BCUT2D eigenvalue weighted by Crippen LogP contribution is 2.31. The van der Waals surface area contributed by atoms with Crippen molar-refractivity contribution in [1.82, 2.24) is 0 Å². The average molecular weight is 366 g/mol. The van der Waals surface area contributed by atoms with Crippen LogP contribution in [0.1, 0.15) is 15.2 Å². The van der Waals surface area contributed by atoms with Gasteiger partial charge in [0.25, 0.3) is 10.0 Å². The molecule has 1 heterocycles. The maximum Gasteiger partial charge on any atom is 0.346 e. The van der Waals surface area contributed by atoms with E-state index in [0.29, 0.717) is 21.9 Å². The number of hydrogen-bond donors (Lipinski definition) is 2. The summed E-state index contributed by atoms with van der Waals surface area (Å²) in [6.45, 7) is 1.53. The first kappa shape index (κ1) is 16.1. The van der Waals surface area contributed by atoms with E-state index < -0.39 is 16.0 Å². The Morgan fingerprint density at radius 3 is 2.52 bits per heavy atom. The minimum Gasteiger partial charge on any atom is -0.477 e. The monoisotopic (exact) mass is 365 g/mol. The second kappa shape index (κ2) is 5.84. The third-order valence-corrected chi connectivity index (χ3v) is 6.16. The van der Waals surface area contributed by atoms with Crippen molar-refractivity contribution in [2.45, 2.75) is 11.1 Å². The van der Waals surface area contributed by atoms with Crippen LogP contribution < -0.4 is 4.72 Å². The molecule has 0 atom stereocenters. The van der Waals surface area contributed by atoms with Crippen LogP contribution in [0.15, 0.2) is 28.5 Å². The van der Waals surface area contributed by atoms with Gasteiger partial charge in [-0.2, -0.15) is 0 Å². The molecule has 112 valence electrons. The molecule has 0 fully saturated rings. The SMILES string of the molecule is Cc1cc(S(=O)(=O)Nc2cc(Cl)ccc2Cl)sc1C(=O)O. The Hall–Kier alpha value is -1.28. The zero-order valence-electron chi connectivity index (χ0n) is 10.6. The molecule has 2 N–H and O–H groups in total. The molecule has 0 saturated carbocycles. The van der Waals surface area contributed by atoms with Gasteiger partial charge in [0.15, 0.2) is 0 Å². The summed E-state index contributed by atoms with van der Waals surface area (Å²) in [6, 6.07) is 5.67. The minimum atomic E-state index is -3.93. The Morgan fingerprint density at radius 2 is 1.95 bits per heavy atom. The van der Waals surface area contributed by atoms with Crippen LogP contribution in [-0.4, -0.2) is 19.5 Å². The molecule has 0 saturated heterocycles. The average Bonchev–Trinajstić information content (AvgIpc) is 2.77. The van der Waals surface area contributed by atoms with Crippen LogP contribution in [0.5, 0.6) is 0 Å². The number of aryl methyl sites for hydroxylation is 1. The molecular weight excluding hydrogens is 357 g/mol. The number of nitrogens with one attached hydrogen (secondary N) is 1. The fourth-order valence-corrected chi connectivity index (χ4v) is 4.41. The summed E-state index contributed by atoms with van der Waals surface area (Å²) in [5.74, 6) is -1.17. The summed E-state index contributed by atoms with van der Waals surface area (Å²) in [5.41, 5.74) is 0.511. The maximum absolute atomic E-state index is 12.3. The smallest absolute Gasteiger partial charge is 0.346 e. The topological polar surface area (TPSA) is 83.5 Å². The molecule has 9 heteroatoms. The van der Waals surface area contributed by atoms with Gasteiger partial charge in [0.1, 0.15) is 9.09 Å². The van der Waals surface area contributed by atoms with Gasteiger partial charge >= 0.3 is 5.97 Å². The Bertz CT molecular complexity index is 815. The molecule has 1 aromatic heterocycles. The van der Waals surface area contributed by atoms with Crippen LogP contribution in [0.3, 0.4) is 0 Å². The lowest BCUT2D eigenvalue weighted by Gasteiger charge is -2.08. The molecule has 2 rings (SSSR count). The van der Waals surface area contributed by atoms with Crippen LogP contribution in [0.25, 0.3) is 0 Å². The number of halogens is 2. The van der Waals surface area contributed by atoms with Crippen molar-refractivity contribution >= 4 is 56.2 Å². The number of anilines is 1. The number of carboxylic acids is 1. The number of carbonyl (C=O) groups is 1. The Kier molecular flexibility index (Phi) is 4.48. The fourth-order valence-electron chi connectivity index (χ4n) is 1.57. The zero-order valence-corrected chi connectivity index (χ0v) is 13.7. The predicted octanol–water partition coefficient (Wildman–Crippen LogP) is 3.86. The van der Waals surface area contributed by atoms with Gasteiger partial charge < -0.3 is 5.11 Å². The van der Waals surface area contributed by atoms with Gasteiger partial charge in [-0.3, -0.25) is 4.72 Å².